The molecule has 1 aliphatic carbocycles. The van der Waals surface area contributed by atoms with Crippen LogP contribution in [0.15, 0.2) is 29.1 Å². The number of hydrogen-bond donors (Lipinski definition) is 3. The van der Waals surface area contributed by atoms with Gasteiger partial charge in [-0.25, -0.2) is 0 Å². The number of anilines is 2. The maximum atomic E-state index is 12.7. The summed E-state index contributed by atoms with van der Waals surface area (Å²) in [6, 6.07) is 6.33. The Bertz CT molecular complexity index is 1080. The number of nitrogens with zero attached hydrogens (tertiary/aromatic N) is 1. The second-order valence-corrected chi connectivity index (χ2v) is 7.27. The number of aryl methyl sites for hydroxylation is 1. The van der Waals surface area contributed by atoms with Gasteiger partial charge in [0.2, 0.25) is 5.91 Å². The number of nitrogens with two attached hydrogens (primary N) is 1. The van der Waals surface area contributed by atoms with Crippen LogP contribution in [0.4, 0.5) is 11.5 Å². The summed E-state index contributed by atoms with van der Waals surface area (Å²) < 4.78 is 1.16. The van der Waals surface area contributed by atoms with Crippen molar-refractivity contribution in [2.24, 2.45) is 5.92 Å². The highest BCUT2D eigenvalue weighted by Crippen LogP contribution is 2.30. The lowest BCUT2D eigenvalue weighted by molar-refractivity contribution is -0.119. The highest BCUT2D eigenvalue weighted by atomic mass is 16.2. The topological polar surface area (TPSA) is 123 Å². The summed E-state index contributed by atoms with van der Waals surface area (Å²) in [5, 5.41) is 5.04. The van der Waals surface area contributed by atoms with E-state index < -0.39 is 17.4 Å². The number of carbonyl (C=O) groups is 3. The van der Waals surface area contributed by atoms with E-state index in [2.05, 4.69) is 10.6 Å². The average Bonchev–Trinajstić information content (AvgIpc) is 3.26. The Morgan fingerprint density at radius 1 is 1.14 bits per heavy atom. The summed E-state index contributed by atoms with van der Waals surface area (Å²) in [5.74, 6) is -1.56. The number of fused-ring (bicyclic) bond motifs is 1. The molecule has 1 aromatic carbocycles. The lowest BCUT2D eigenvalue weighted by atomic mass is 10.1. The third-order valence-electron chi connectivity index (χ3n) is 5.33. The Morgan fingerprint density at radius 3 is 2.57 bits per heavy atom. The standard InChI is InChI=1S/C20H20N4O4/c1-10-6-7-13(22-18(26)11-4-2-3-5-11)14(8-10)24-15(25)9-12-16(17(24)21)20(28)23-19(12)27/h6-9,11H,2-5,21H2,1H3,(H,22,26)(H,23,27,28). The van der Waals surface area contributed by atoms with Gasteiger partial charge in [0.1, 0.15) is 5.82 Å². The predicted molar refractivity (Wildman–Crippen MR) is 104 cm³/mol. The van der Waals surface area contributed by atoms with E-state index in [1.54, 1.807) is 12.1 Å². The van der Waals surface area contributed by atoms with Gasteiger partial charge in [0.25, 0.3) is 17.4 Å². The SMILES string of the molecule is Cc1ccc(NC(=O)C2CCCC2)c(-n2c(N)c3c(cc2=O)C(=O)NC3=O)c1. The van der Waals surface area contributed by atoms with Gasteiger partial charge in [-0.3, -0.25) is 29.1 Å². The maximum absolute atomic E-state index is 12.7. The van der Waals surface area contributed by atoms with Crippen LogP contribution in [0.25, 0.3) is 5.69 Å². The van der Waals surface area contributed by atoms with Crippen molar-refractivity contribution in [3.05, 3.63) is 51.3 Å². The summed E-state index contributed by atoms with van der Waals surface area (Å²) in [4.78, 5) is 49.3. The lowest BCUT2D eigenvalue weighted by Gasteiger charge is -2.18. The van der Waals surface area contributed by atoms with Crippen LogP contribution < -0.4 is 21.9 Å². The van der Waals surface area contributed by atoms with E-state index in [1.807, 2.05) is 13.0 Å². The zero-order valence-electron chi connectivity index (χ0n) is 15.4. The van der Waals surface area contributed by atoms with Crippen molar-refractivity contribution in [3.8, 4) is 5.69 Å². The molecule has 0 radical (unpaired) electrons. The number of carbonyl (C=O) groups excluding carboxylic acids is 3. The van der Waals surface area contributed by atoms with Crippen LogP contribution in [-0.2, 0) is 4.79 Å². The van der Waals surface area contributed by atoms with Crippen molar-refractivity contribution < 1.29 is 14.4 Å². The van der Waals surface area contributed by atoms with E-state index in [1.165, 1.54) is 0 Å². The number of imide groups is 1. The lowest BCUT2D eigenvalue weighted by Crippen LogP contribution is -2.26. The molecule has 3 amide bonds. The summed E-state index contributed by atoms with van der Waals surface area (Å²) in [5.41, 5.74) is 7.16. The van der Waals surface area contributed by atoms with Gasteiger partial charge in [-0.05, 0) is 37.5 Å². The fourth-order valence-corrected chi connectivity index (χ4v) is 3.88. The number of amides is 3. The van der Waals surface area contributed by atoms with E-state index in [-0.39, 0.29) is 28.8 Å². The van der Waals surface area contributed by atoms with Gasteiger partial charge in [-0.1, -0.05) is 18.9 Å². The Labute approximate surface area is 160 Å². The molecule has 1 aliphatic heterocycles. The first-order valence-corrected chi connectivity index (χ1v) is 9.20. The molecule has 0 spiro atoms. The van der Waals surface area contributed by atoms with Crippen LogP contribution in [-0.4, -0.2) is 22.3 Å². The van der Waals surface area contributed by atoms with Gasteiger partial charge >= 0.3 is 0 Å². The predicted octanol–water partition coefficient (Wildman–Crippen LogP) is 1.74. The first-order chi connectivity index (χ1) is 13.4. The van der Waals surface area contributed by atoms with Gasteiger partial charge in [0.15, 0.2) is 0 Å². The van der Waals surface area contributed by atoms with Crippen molar-refractivity contribution in [2.75, 3.05) is 11.1 Å². The second-order valence-electron chi connectivity index (χ2n) is 7.27. The van der Waals surface area contributed by atoms with Gasteiger partial charge in [0, 0.05) is 12.0 Å². The quantitative estimate of drug-likeness (QED) is 0.700. The van der Waals surface area contributed by atoms with E-state index in [9.17, 15) is 19.2 Å². The number of pyridine rings is 1. The zero-order valence-corrected chi connectivity index (χ0v) is 15.4. The molecule has 0 saturated heterocycles. The molecule has 1 saturated carbocycles. The van der Waals surface area contributed by atoms with Crippen molar-refractivity contribution in [1.29, 1.82) is 0 Å². The largest absolute Gasteiger partial charge is 0.384 e. The molecule has 28 heavy (non-hydrogen) atoms. The molecule has 144 valence electrons. The van der Waals surface area contributed by atoms with E-state index in [4.69, 9.17) is 5.73 Å². The molecule has 0 atom stereocenters. The van der Waals surface area contributed by atoms with Crippen LogP contribution in [0.1, 0.15) is 52.0 Å². The highest BCUT2D eigenvalue weighted by Gasteiger charge is 2.32. The molecular formula is C20H20N4O4. The molecule has 1 fully saturated rings. The third-order valence-corrected chi connectivity index (χ3v) is 5.33. The number of benzene rings is 1. The van der Waals surface area contributed by atoms with Gasteiger partial charge in [-0.2, -0.15) is 0 Å². The molecule has 4 rings (SSSR count). The third kappa shape index (κ3) is 2.87. The number of rotatable bonds is 3. The van der Waals surface area contributed by atoms with E-state index >= 15 is 0 Å². The van der Waals surface area contributed by atoms with Crippen LogP contribution in [0.5, 0.6) is 0 Å². The first kappa shape index (κ1) is 18.0. The van der Waals surface area contributed by atoms with Crippen LogP contribution in [0.3, 0.4) is 0 Å². The van der Waals surface area contributed by atoms with E-state index in [0.717, 1.165) is 41.9 Å². The van der Waals surface area contributed by atoms with Gasteiger partial charge < -0.3 is 11.1 Å². The highest BCUT2D eigenvalue weighted by molar-refractivity contribution is 6.23. The number of hydrogen-bond acceptors (Lipinski definition) is 5. The minimum atomic E-state index is -0.644. The number of aromatic nitrogens is 1. The number of nitrogens with one attached hydrogen (secondary N) is 2. The monoisotopic (exact) mass is 380 g/mol. The molecule has 2 heterocycles. The van der Waals surface area contributed by atoms with Crippen molar-refractivity contribution in [2.45, 2.75) is 32.6 Å². The smallest absolute Gasteiger partial charge is 0.262 e. The van der Waals surface area contributed by atoms with Crippen molar-refractivity contribution >= 4 is 29.2 Å². The molecule has 0 bridgehead atoms. The van der Waals surface area contributed by atoms with Crippen molar-refractivity contribution in [1.82, 2.24) is 9.88 Å². The second kappa shape index (κ2) is 6.63. The maximum Gasteiger partial charge on any atom is 0.262 e. The zero-order chi connectivity index (χ0) is 20.0. The fraction of sp³-hybridized carbons (Fsp3) is 0.300. The fourth-order valence-electron chi connectivity index (χ4n) is 3.88. The molecule has 4 N–H and O–H groups in total. The molecule has 1 aromatic heterocycles. The van der Waals surface area contributed by atoms with E-state index in [0.29, 0.717) is 11.4 Å². The minimum Gasteiger partial charge on any atom is -0.384 e. The molecule has 8 nitrogen and oxygen atoms in total. The van der Waals surface area contributed by atoms with Gasteiger partial charge in [0.05, 0.1) is 22.5 Å². The van der Waals surface area contributed by atoms with Crippen LogP contribution in [0, 0.1) is 12.8 Å². The van der Waals surface area contributed by atoms with Gasteiger partial charge in [-0.15, -0.1) is 0 Å². The summed E-state index contributed by atoms with van der Waals surface area (Å²) in [6.07, 6.45) is 3.74. The minimum absolute atomic E-state index is 0.0285. The number of nitrogen functional groups attached to an aromatic ring is 1. The first-order valence-electron chi connectivity index (χ1n) is 9.20. The normalized spacial score (nSPS) is 16.2. The molecule has 2 aliphatic rings. The van der Waals surface area contributed by atoms with Crippen LogP contribution >= 0.6 is 0 Å². The molecule has 0 unspecified atom stereocenters. The van der Waals surface area contributed by atoms with Crippen LogP contribution in [0.2, 0.25) is 0 Å². The Balaban J connectivity index is 1.84. The Kier molecular flexibility index (Phi) is 4.26. The Morgan fingerprint density at radius 2 is 1.86 bits per heavy atom. The van der Waals surface area contributed by atoms with Crippen molar-refractivity contribution in [3.63, 3.8) is 0 Å². The summed E-state index contributed by atoms with van der Waals surface area (Å²) in [6.45, 7) is 1.84. The summed E-state index contributed by atoms with van der Waals surface area (Å²) in [7, 11) is 0. The average molecular weight is 380 g/mol. The molecule has 8 heteroatoms. The summed E-state index contributed by atoms with van der Waals surface area (Å²) >= 11 is 0. The Hall–Kier alpha value is -3.42. The molecular weight excluding hydrogens is 360 g/mol. The molecule has 2 aromatic rings.